The molecule has 0 aromatic carbocycles. The Kier molecular flexibility index (Phi) is 67.6. The van der Waals surface area contributed by atoms with Crippen LogP contribution in [-0.2, 0) is 67.7 Å². The molecule has 0 radical (unpaired) electrons. The van der Waals surface area contributed by atoms with Crippen molar-refractivity contribution in [3.63, 3.8) is 0 Å². The standard InChI is InChI=1S/3C6H12O7.3C3H6O3.2K.2Zn/c3*7-1-2(8)3(9)4(10)5(11)6(12)13;3*1-2(4)3(5)6;;;;/h3*2-5,7-11H,1H2,(H,12,13);3*2,4H,1H3,(H,5,6);;;;/q;;;;;;2*+1;2*+2/p-6/t3*2-,3-,4+,5-;;;;;;;/m111......./s1. The molecule has 0 aromatic rings. The first-order valence-corrected chi connectivity index (χ1v) is 15.0. The summed E-state index contributed by atoms with van der Waals surface area (Å²) >= 11 is 0. The number of aliphatic carboxylic acids is 6. The molecular formula is C27H48K2O30Zn2. The van der Waals surface area contributed by atoms with Gasteiger partial charge >= 0.3 is 142 Å². The third-order valence-electron chi connectivity index (χ3n) is 5.51. The Balaban J connectivity index is -0.0000000652. The number of carbonyl (C=O) groups excluding carboxylic acids is 6. The minimum atomic E-state index is -2.31. The Morgan fingerprint density at radius 3 is 0.508 bits per heavy atom. The molecule has 0 spiro atoms. The van der Waals surface area contributed by atoms with Gasteiger partial charge in [0.25, 0.3) is 0 Å². The van der Waals surface area contributed by atoms with Crippen molar-refractivity contribution in [1.82, 2.24) is 0 Å². The minimum Gasteiger partial charge on any atom is -0.547 e. The summed E-state index contributed by atoms with van der Waals surface area (Å²) in [6.45, 7) is 0.813. The van der Waals surface area contributed by atoms with Gasteiger partial charge in [0.1, 0.15) is 73.2 Å². The van der Waals surface area contributed by atoms with Crippen molar-refractivity contribution < 1.29 is 293 Å². The van der Waals surface area contributed by atoms with Crippen molar-refractivity contribution >= 4 is 35.8 Å². The number of carbonyl (C=O) groups is 6. The summed E-state index contributed by atoms with van der Waals surface area (Å²) in [5.41, 5.74) is 0. The van der Waals surface area contributed by atoms with E-state index in [9.17, 15) is 59.4 Å². The quantitative estimate of drug-likeness (QED) is 0.0567. The van der Waals surface area contributed by atoms with Gasteiger partial charge in [-0.3, -0.25) is 0 Å². The monoisotopic (exact) mass is 1060 g/mol. The summed E-state index contributed by atoms with van der Waals surface area (Å²) in [6, 6.07) is 0. The first-order chi connectivity index (χ1) is 25.7. The van der Waals surface area contributed by atoms with Crippen LogP contribution in [0.25, 0.3) is 0 Å². The molecule has 18 N–H and O–H groups in total. The number of rotatable bonds is 18. The van der Waals surface area contributed by atoms with Crippen LogP contribution in [-0.4, -0.2) is 239 Å². The smallest absolute Gasteiger partial charge is 0.547 e. The molecule has 0 saturated carbocycles. The first kappa shape index (κ1) is 85.0. The van der Waals surface area contributed by atoms with Crippen molar-refractivity contribution in [3.05, 3.63) is 0 Å². The van der Waals surface area contributed by atoms with Crippen molar-refractivity contribution in [2.24, 2.45) is 0 Å². The average Bonchev–Trinajstić information content (AvgIpc) is 3.14. The molecule has 34 heteroatoms. The predicted molar refractivity (Wildman–Crippen MR) is 158 cm³/mol. The van der Waals surface area contributed by atoms with E-state index >= 15 is 0 Å². The van der Waals surface area contributed by atoms with Gasteiger partial charge in [-0.15, -0.1) is 0 Å². The number of aliphatic hydroxyl groups excluding tert-OH is 18. The van der Waals surface area contributed by atoms with E-state index < -0.39 is 147 Å². The average molecular weight is 1060 g/mol. The van der Waals surface area contributed by atoms with Gasteiger partial charge in [0.15, 0.2) is 0 Å². The molecule has 0 fully saturated rings. The van der Waals surface area contributed by atoms with Crippen molar-refractivity contribution in [1.29, 1.82) is 0 Å². The van der Waals surface area contributed by atoms with Gasteiger partial charge < -0.3 is 151 Å². The normalized spacial score (nSPS) is 17.1. The second-order valence-corrected chi connectivity index (χ2v) is 10.5. The van der Waals surface area contributed by atoms with E-state index in [-0.39, 0.29) is 142 Å². The molecule has 0 saturated heterocycles. The topological polar surface area (TPSA) is 605 Å². The summed E-state index contributed by atoms with van der Waals surface area (Å²) in [7, 11) is 0. The Labute approximate surface area is 455 Å². The molecule has 15 atom stereocenters. The van der Waals surface area contributed by atoms with Crippen LogP contribution in [0.4, 0.5) is 0 Å². The number of carboxylic acids is 6. The molecule has 0 heterocycles. The Morgan fingerprint density at radius 2 is 0.443 bits per heavy atom. The summed E-state index contributed by atoms with van der Waals surface area (Å²) < 4.78 is 0. The summed E-state index contributed by atoms with van der Waals surface area (Å²) in [5, 5.41) is 212. The van der Waals surface area contributed by atoms with Crippen LogP contribution in [0.15, 0.2) is 0 Å². The fourth-order valence-electron chi connectivity index (χ4n) is 1.99. The van der Waals surface area contributed by atoms with E-state index in [1.54, 1.807) is 0 Å². The van der Waals surface area contributed by atoms with E-state index in [1.165, 1.54) is 0 Å². The van der Waals surface area contributed by atoms with E-state index in [2.05, 4.69) is 0 Å². The molecule has 342 valence electrons. The maximum absolute atomic E-state index is 9.98. The molecule has 30 nitrogen and oxygen atoms in total. The Bertz CT molecular complexity index is 993. The van der Waals surface area contributed by atoms with Crippen LogP contribution >= 0.6 is 0 Å². The van der Waals surface area contributed by atoms with Crippen molar-refractivity contribution in [3.8, 4) is 0 Å². The maximum atomic E-state index is 9.98. The molecule has 0 bridgehead atoms. The number of carboxylic acid groups (broad SMARTS) is 6. The van der Waals surface area contributed by atoms with Crippen LogP contribution in [0.2, 0.25) is 0 Å². The van der Waals surface area contributed by atoms with E-state index in [0.29, 0.717) is 0 Å². The SMILES string of the molecule is CC(O)C(=O)[O-].CC(O)C(=O)[O-].CC(O)C(=O)[O-].O=C([O-])[C@H](O)[C@@H](O)[C@H](O)[C@H](O)CO.O=C([O-])[C@H](O)[C@@H](O)[C@H](O)[C@H](O)CO.O=C([O-])[C@H](O)[C@@H](O)[C@H](O)[C@H](O)CO.[K+].[K+].[Zn+2].[Zn+2]. The fourth-order valence-corrected chi connectivity index (χ4v) is 1.99. The minimum absolute atomic E-state index is 0. The maximum Gasteiger partial charge on any atom is 2.00 e. The zero-order chi connectivity index (χ0) is 47.2. The molecule has 3 unspecified atom stereocenters. The molecular weight excluding hydrogens is 1010 g/mol. The van der Waals surface area contributed by atoms with Gasteiger partial charge in [-0.25, -0.2) is 0 Å². The molecule has 0 aliphatic rings. The van der Waals surface area contributed by atoms with Crippen molar-refractivity contribution in [2.75, 3.05) is 19.8 Å². The van der Waals surface area contributed by atoms with Crippen LogP contribution in [0.5, 0.6) is 0 Å². The predicted octanol–water partition coefficient (Wildman–Crippen LogP) is -26.1. The van der Waals surface area contributed by atoms with Gasteiger partial charge in [-0.2, -0.15) is 0 Å². The molecule has 0 aromatic heterocycles. The summed E-state index contributed by atoms with van der Waals surface area (Å²) in [4.78, 5) is 58.0. The number of hydrogen-bond donors (Lipinski definition) is 18. The number of hydrogen-bond acceptors (Lipinski definition) is 30. The number of aliphatic hydroxyl groups is 18. The second-order valence-electron chi connectivity index (χ2n) is 10.5. The fraction of sp³-hybridized carbons (Fsp3) is 0.778. The Hall–Kier alpha value is 0.619. The van der Waals surface area contributed by atoms with E-state index in [0.717, 1.165) is 20.8 Å². The van der Waals surface area contributed by atoms with Crippen molar-refractivity contribution in [2.45, 2.75) is 112 Å². The zero-order valence-corrected chi connectivity index (χ0v) is 45.3. The second kappa shape index (κ2) is 48.5. The van der Waals surface area contributed by atoms with Crippen LogP contribution in [0.3, 0.4) is 0 Å². The van der Waals surface area contributed by atoms with E-state index in [4.69, 9.17) is 91.9 Å². The molecule has 0 amide bonds. The van der Waals surface area contributed by atoms with E-state index in [1.807, 2.05) is 0 Å². The largest absolute Gasteiger partial charge is 2.00 e. The first-order valence-electron chi connectivity index (χ1n) is 15.0. The zero-order valence-electron chi connectivity index (χ0n) is 33.1. The van der Waals surface area contributed by atoms with Crippen LogP contribution in [0, 0.1) is 0 Å². The van der Waals surface area contributed by atoms with Gasteiger partial charge in [-0.05, 0) is 20.8 Å². The Morgan fingerprint density at radius 1 is 0.328 bits per heavy atom. The van der Waals surface area contributed by atoms with Gasteiger partial charge in [-0.1, -0.05) is 0 Å². The molecule has 0 aliphatic carbocycles. The van der Waals surface area contributed by atoms with Gasteiger partial charge in [0, 0.05) is 0 Å². The third kappa shape index (κ3) is 46.9. The third-order valence-corrected chi connectivity index (χ3v) is 5.51. The molecule has 0 rings (SSSR count). The van der Waals surface area contributed by atoms with Crippen LogP contribution in [0.1, 0.15) is 20.8 Å². The molecule has 0 aliphatic heterocycles. The molecule has 61 heavy (non-hydrogen) atoms. The summed E-state index contributed by atoms with van der Waals surface area (Å²) in [5.74, 6) is -10.2. The summed E-state index contributed by atoms with van der Waals surface area (Å²) in [6.07, 6.45) is -28.3. The van der Waals surface area contributed by atoms with Gasteiger partial charge in [0.05, 0.1) is 73.9 Å². The van der Waals surface area contributed by atoms with Gasteiger partial charge in [0.2, 0.25) is 0 Å². The van der Waals surface area contributed by atoms with Crippen LogP contribution < -0.4 is 133 Å².